The molecule has 2 heterocycles. The minimum Gasteiger partial charge on any atom is -0.490 e. The second-order valence-corrected chi connectivity index (χ2v) is 5.71. The number of fused-ring (bicyclic) bond motifs is 1. The zero-order valence-electron chi connectivity index (χ0n) is 12.2. The minimum atomic E-state index is 0.519. The van der Waals surface area contributed by atoms with Crippen molar-refractivity contribution in [2.75, 3.05) is 45.9 Å². The van der Waals surface area contributed by atoms with Gasteiger partial charge in [-0.3, -0.25) is 0 Å². The molecule has 0 bridgehead atoms. The summed E-state index contributed by atoms with van der Waals surface area (Å²) in [5.74, 6) is 2.32. The first-order valence-electron chi connectivity index (χ1n) is 7.65. The fourth-order valence-corrected chi connectivity index (χ4v) is 2.87. The van der Waals surface area contributed by atoms with Crippen LogP contribution in [0.2, 0.25) is 0 Å². The topological polar surface area (TPSA) is 33.7 Å². The van der Waals surface area contributed by atoms with Crippen molar-refractivity contribution < 1.29 is 9.47 Å². The molecule has 1 N–H and O–H groups in total. The van der Waals surface area contributed by atoms with Gasteiger partial charge in [-0.15, -0.1) is 0 Å². The van der Waals surface area contributed by atoms with Crippen molar-refractivity contribution in [2.24, 2.45) is 0 Å². The van der Waals surface area contributed by atoms with E-state index in [0.29, 0.717) is 5.92 Å². The zero-order chi connectivity index (χ0) is 13.8. The molecule has 0 amide bonds. The maximum Gasteiger partial charge on any atom is 0.161 e. The van der Waals surface area contributed by atoms with Crippen LogP contribution >= 0.6 is 0 Å². The number of hydrogen-bond donors (Lipinski definition) is 1. The number of piperazine rings is 1. The fraction of sp³-hybridized carbons (Fsp3) is 0.625. The summed E-state index contributed by atoms with van der Waals surface area (Å²) >= 11 is 0. The van der Waals surface area contributed by atoms with Gasteiger partial charge in [-0.05, 0) is 23.6 Å². The number of hydrogen-bond acceptors (Lipinski definition) is 4. The largest absolute Gasteiger partial charge is 0.490 e. The standard InChI is InChI=1S/C16H24N2O2/c1-13(12-18-7-5-17-6-8-18)14-3-4-15-16(11-14)20-10-2-9-19-15/h3-4,11,13,17H,2,5-10,12H2,1H3. The third-order valence-corrected chi connectivity index (χ3v) is 4.08. The number of nitrogens with one attached hydrogen (secondary N) is 1. The molecule has 20 heavy (non-hydrogen) atoms. The van der Waals surface area contributed by atoms with Crippen LogP contribution in [0.1, 0.15) is 24.8 Å². The molecule has 4 nitrogen and oxygen atoms in total. The highest BCUT2D eigenvalue weighted by molar-refractivity contribution is 5.44. The Morgan fingerprint density at radius 1 is 1.15 bits per heavy atom. The number of nitrogens with zero attached hydrogens (tertiary/aromatic N) is 1. The first-order chi connectivity index (χ1) is 9.83. The molecular weight excluding hydrogens is 252 g/mol. The average Bonchev–Trinajstić information content (AvgIpc) is 2.72. The number of rotatable bonds is 3. The van der Waals surface area contributed by atoms with E-state index in [1.807, 2.05) is 0 Å². The molecule has 3 rings (SSSR count). The Morgan fingerprint density at radius 3 is 2.70 bits per heavy atom. The molecule has 0 aromatic heterocycles. The molecule has 0 aliphatic carbocycles. The summed E-state index contributed by atoms with van der Waals surface area (Å²) in [4.78, 5) is 2.53. The molecule has 1 saturated heterocycles. The second kappa shape index (κ2) is 6.46. The van der Waals surface area contributed by atoms with Gasteiger partial charge in [-0.25, -0.2) is 0 Å². The molecule has 2 aliphatic rings. The lowest BCUT2D eigenvalue weighted by Crippen LogP contribution is -2.44. The van der Waals surface area contributed by atoms with Gasteiger partial charge in [-0.2, -0.15) is 0 Å². The summed E-state index contributed by atoms with van der Waals surface area (Å²) in [6.45, 7) is 9.42. The lowest BCUT2D eigenvalue weighted by atomic mass is 9.99. The van der Waals surface area contributed by atoms with Crippen molar-refractivity contribution >= 4 is 0 Å². The molecule has 4 heteroatoms. The summed E-state index contributed by atoms with van der Waals surface area (Å²) in [6, 6.07) is 6.40. The van der Waals surface area contributed by atoms with Crippen LogP contribution in [0.25, 0.3) is 0 Å². The first-order valence-corrected chi connectivity index (χ1v) is 7.65. The highest BCUT2D eigenvalue weighted by atomic mass is 16.5. The van der Waals surface area contributed by atoms with E-state index in [4.69, 9.17) is 9.47 Å². The Morgan fingerprint density at radius 2 is 1.90 bits per heavy atom. The van der Waals surface area contributed by atoms with Crippen molar-refractivity contribution in [1.82, 2.24) is 10.2 Å². The van der Waals surface area contributed by atoms with Crippen LogP contribution in [0, 0.1) is 0 Å². The number of ether oxygens (including phenoxy) is 2. The lowest BCUT2D eigenvalue weighted by Gasteiger charge is -2.29. The van der Waals surface area contributed by atoms with E-state index in [0.717, 1.165) is 63.9 Å². The highest BCUT2D eigenvalue weighted by Gasteiger charge is 2.17. The smallest absolute Gasteiger partial charge is 0.161 e. The number of benzene rings is 1. The van der Waals surface area contributed by atoms with Crippen LogP contribution in [0.15, 0.2) is 18.2 Å². The van der Waals surface area contributed by atoms with Gasteiger partial charge in [0.05, 0.1) is 13.2 Å². The van der Waals surface area contributed by atoms with Gasteiger partial charge in [0.1, 0.15) is 0 Å². The van der Waals surface area contributed by atoms with Crippen molar-refractivity contribution in [3.8, 4) is 11.5 Å². The van der Waals surface area contributed by atoms with Gasteiger partial charge in [0.2, 0.25) is 0 Å². The maximum atomic E-state index is 5.78. The highest BCUT2D eigenvalue weighted by Crippen LogP contribution is 2.33. The Kier molecular flexibility index (Phi) is 4.43. The average molecular weight is 276 g/mol. The maximum absolute atomic E-state index is 5.78. The minimum absolute atomic E-state index is 0.519. The molecule has 0 spiro atoms. The van der Waals surface area contributed by atoms with E-state index in [-0.39, 0.29) is 0 Å². The third-order valence-electron chi connectivity index (χ3n) is 4.08. The molecule has 0 radical (unpaired) electrons. The van der Waals surface area contributed by atoms with Gasteiger partial charge in [-0.1, -0.05) is 13.0 Å². The molecular formula is C16H24N2O2. The summed E-state index contributed by atoms with van der Waals surface area (Å²) in [6.07, 6.45) is 0.959. The van der Waals surface area contributed by atoms with Gasteiger partial charge in [0.25, 0.3) is 0 Å². The molecule has 1 aromatic carbocycles. The monoisotopic (exact) mass is 276 g/mol. The first kappa shape index (κ1) is 13.7. The van der Waals surface area contributed by atoms with Crippen molar-refractivity contribution in [2.45, 2.75) is 19.3 Å². The van der Waals surface area contributed by atoms with Crippen LogP contribution in [0.5, 0.6) is 11.5 Å². The van der Waals surface area contributed by atoms with Crippen LogP contribution < -0.4 is 14.8 Å². The quantitative estimate of drug-likeness (QED) is 0.913. The fourth-order valence-electron chi connectivity index (χ4n) is 2.87. The predicted octanol–water partition coefficient (Wildman–Crippen LogP) is 1.86. The molecule has 1 fully saturated rings. The second-order valence-electron chi connectivity index (χ2n) is 5.71. The van der Waals surface area contributed by atoms with Crippen LogP contribution in [0.3, 0.4) is 0 Å². The van der Waals surface area contributed by atoms with E-state index in [2.05, 4.69) is 35.3 Å². The molecule has 0 saturated carbocycles. The Hall–Kier alpha value is -1.26. The van der Waals surface area contributed by atoms with Crippen molar-refractivity contribution in [1.29, 1.82) is 0 Å². The van der Waals surface area contributed by atoms with E-state index >= 15 is 0 Å². The molecule has 1 aromatic rings. The van der Waals surface area contributed by atoms with Gasteiger partial charge >= 0.3 is 0 Å². The Balaban J connectivity index is 1.67. The Labute approximate surface area is 121 Å². The zero-order valence-corrected chi connectivity index (χ0v) is 12.2. The normalized spacial score (nSPS) is 21.2. The van der Waals surface area contributed by atoms with E-state index in [1.54, 1.807) is 0 Å². The van der Waals surface area contributed by atoms with Crippen molar-refractivity contribution in [3.05, 3.63) is 23.8 Å². The Bertz CT molecular complexity index is 444. The van der Waals surface area contributed by atoms with Crippen LogP contribution in [0.4, 0.5) is 0 Å². The summed E-state index contributed by atoms with van der Waals surface area (Å²) in [5, 5.41) is 3.40. The van der Waals surface area contributed by atoms with Gasteiger partial charge < -0.3 is 19.7 Å². The molecule has 2 aliphatic heterocycles. The van der Waals surface area contributed by atoms with Crippen molar-refractivity contribution in [3.63, 3.8) is 0 Å². The predicted molar refractivity (Wildman–Crippen MR) is 79.8 cm³/mol. The van der Waals surface area contributed by atoms with E-state index < -0.39 is 0 Å². The molecule has 110 valence electrons. The summed E-state index contributed by atoms with van der Waals surface area (Å²) in [5.41, 5.74) is 1.34. The summed E-state index contributed by atoms with van der Waals surface area (Å²) < 4.78 is 11.5. The molecule has 1 atom stereocenters. The summed E-state index contributed by atoms with van der Waals surface area (Å²) in [7, 11) is 0. The van der Waals surface area contributed by atoms with E-state index in [9.17, 15) is 0 Å². The van der Waals surface area contributed by atoms with Crippen LogP contribution in [-0.4, -0.2) is 50.8 Å². The van der Waals surface area contributed by atoms with Gasteiger partial charge in [0.15, 0.2) is 11.5 Å². The van der Waals surface area contributed by atoms with Crippen LogP contribution in [-0.2, 0) is 0 Å². The lowest BCUT2D eigenvalue weighted by molar-refractivity contribution is 0.230. The molecule has 1 unspecified atom stereocenters. The van der Waals surface area contributed by atoms with E-state index in [1.165, 1.54) is 5.56 Å². The SMILES string of the molecule is CC(CN1CCNCC1)c1ccc2c(c1)OCCCO2. The van der Waals surface area contributed by atoms with Gasteiger partial charge in [0, 0.05) is 39.1 Å². The third kappa shape index (κ3) is 3.25.